The average molecular weight is 492 g/mol. The second-order valence-electron chi connectivity index (χ2n) is 9.27. The molecule has 1 aromatic heterocycles. The van der Waals surface area contributed by atoms with Crippen LogP contribution in [0.4, 0.5) is 5.69 Å². The number of rotatable bonds is 7. The number of aryl methyl sites for hydroxylation is 1. The molecular formula is C28H33N3O5. The van der Waals surface area contributed by atoms with Gasteiger partial charge in [0.1, 0.15) is 5.75 Å². The topological polar surface area (TPSA) is 74.2 Å². The van der Waals surface area contributed by atoms with Crippen LogP contribution >= 0.6 is 0 Å². The zero-order chi connectivity index (χ0) is 25.3. The molecule has 3 aromatic rings. The maximum Gasteiger partial charge on any atom is 0.222 e. The Morgan fingerprint density at radius 2 is 1.67 bits per heavy atom. The summed E-state index contributed by atoms with van der Waals surface area (Å²) >= 11 is 0. The molecule has 2 aliphatic heterocycles. The molecule has 5 rings (SSSR count). The number of hydrogen-bond donors (Lipinski definition) is 1. The summed E-state index contributed by atoms with van der Waals surface area (Å²) in [6, 6.07) is 14.2. The number of carbonyl (C=O) groups excluding carboxylic acids is 1. The third-order valence-corrected chi connectivity index (χ3v) is 7.40. The predicted octanol–water partition coefficient (Wildman–Crippen LogP) is 4.39. The third kappa shape index (κ3) is 4.10. The highest BCUT2D eigenvalue weighted by Gasteiger charge is 2.42. The van der Waals surface area contributed by atoms with E-state index in [0.29, 0.717) is 43.2 Å². The Labute approximate surface area is 211 Å². The molecule has 190 valence electrons. The fraction of sp³-hybridized carbons (Fsp3) is 0.393. The van der Waals surface area contributed by atoms with E-state index in [1.54, 1.807) is 28.4 Å². The first-order valence-electron chi connectivity index (χ1n) is 12.2. The molecule has 1 N–H and O–H groups in total. The molecular weight excluding hydrogens is 458 g/mol. The Balaban J connectivity index is 1.27. The fourth-order valence-electron chi connectivity index (χ4n) is 5.46. The lowest BCUT2D eigenvalue weighted by molar-refractivity contribution is -0.132. The smallest absolute Gasteiger partial charge is 0.222 e. The highest BCUT2D eigenvalue weighted by atomic mass is 16.5. The van der Waals surface area contributed by atoms with Crippen molar-refractivity contribution in [2.24, 2.45) is 0 Å². The summed E-state index contributed by atoms with van der Waals surface area (Å²) in [5, 5.41) is 3.80. The molecule has 1 fully saturated rings. The Kier molecular flexibility index (Phi) is 6.43. The van der Waals surface area contributed by atoms with Crippen molar-refractivity contribution >= 4 is 11.6 Å². The van der Waals surface area contributed by atoms with Crippen molar-refractivity contribution in [3.05, 3.63) is 59.9 Å². The van der Waals surface area contributed by atoms with Gasteiger partial charge in [-0.15, -0.1) is 0 Å². The van der Waals surface area contributed by atoms with E-state index in [4.69, 9.17) is 18.9 Å². The summed E-state index contributed by atoms with van der Waals surface area (Å²) < 4.78 is 24.0. The van der Waals surface area contributed by atoms with E-state index in [-0.39, 0.29) is 11.4 Å². The van der Waals surface area contributed by atoms with Crippen molar-refractivity contribution in [1.29, 1.82) is 0 Å². The van der Waals surface area contributed by atoms with Crippen LogP contribution in [0.5, 0.6) is 23.0 Å². The zero-order valence-corrected chi connectivity index (χ0v) is 21.3. The molecule has 2 aromatic carbocycles. The van der Waals surface area contributed by atoms with E-state index in [0.717, 1.165) is 35.5 Å². The monoisotopic (exact) mass is 491 g/mol. The first-order chi connectivity index (χ1) is 17.5. The van der Waals surface area contributed by atoms with Gasteiger partial charge < -0.3 is 33.7 Å². The number of hydrogen-bond acceptors (Lipinski definition) is 6. The van der Waals surface area contributed by atoms with E-state index < -0.39 is 0 Å². The lowest BCUT2D eigenvalue weighted by Gasteiger charge is -2.46. The number of aromatic nitrogens is 1. The lowest BCUT2D eigenvalue weighted by atomic mass is 9.82. The molecule has 36 heavy (non-hydrogen) atoms. The van der Waals surface area contributed by atoms with Crippen LogP contribution in [-0.2, 0) is 16.8 Å². The summed E-state index contributed by atoms with van der Waals surface area (Å²) in [6.07, 6.45) is 4.81. The summed E-state index contributed by atoms with van der Waals surface area (Å²) in [7, 11) is 6.46. The molecule has 1 amide bonds. The number of fused-ring (bicyclic) bond motifs is 4. The Hall–Kier alpha value is -3.81. The SMILES string of the molecule is COc1ccc2c(c1)NC1(CCN(C(=O)CCc3cc(OC)c(OC)c(OC)c3)CC1)c1cccn1-2. The molecule has 1 spiro atoms. The quantitative estimate of drug-likeness (QED) is 0.529. The van der Waals surface area contributed by atoms with Gasteiger partial charge in [-0.3, -0.25) is 4.79 Å². The molecule has 0 radical (unpaired) electrons. The van der Waals surface area contributed by atoms with Crippen molar-refractivity contribution in [3.8, 4) is 28.7 Å². The van der Waals surface area contributed by atoms with E-state index in [9.17, 15) is 4.79 Å². The Morgan fingerprint density at radius 1 is 0.944 bits per heavy atom. The largest absolute Gasteiger partial charge is 0.497 e. The van der Waals surface area contributed by atoms with E-state index in [1.165, 1.54) is 5.69 Å². The average Bonchev–Trinajstić information content (AvgIpc) is 3.42. The second-order valence-corrected chi connectivity index (χ2v) is 9.27. The van der Waals surface area contributed by atoms with E-state index in [1.807, 2.05) is 23.1 Å². The second kappa shape index (κ2) is 9.68. The van der Waals surface area contributed by atoms with Crippen molar-refractivity contribution < 1.29 is 23.7 Å². The van der Waals surface area contributed by atoms with Crippen LogP contribution in [0, 0.1) is 0 Å². The van der Waals surface area contributed by atoms with Crippen molar-refractivity contribution in [2.45, 2.75) is 31.2 Å². The number of nitrogens with one attached hydrogen (secondary N) is 1. The minimum absolute atomic E-state index is 0.159. The van der Waals surface area contributed by atoms with Crippen molar-refractivity contribution in [2.75, 3.05) is 46.8 Å². The van der Waals surface area contributed by atoms with Crippen LogP contribution in [0.1, 0.15) is 30.5 Å². The maximum atomic E-state index is 13.1. The number of anilines is 1. The number of methoxy groups -OCH3 is 4. The molecule has 8 heteroatoms. The minimum Gasteiger partial charge on any atom is -0.497 e. The molecule has 0 saturated carbocycles. The first kappa shape index (κ1) is 23.9. The minimum atomic E-state index is -0.212. The van der Waals surface area contributed by atoms with Crippen molar-refractivity contribution in [3.63, 3.8) is 0 Å². The Bertz CT molecular complexity index is 1230. The summed E-state index contributed by atoms with van der Waals surface area (Å²) in [5.74, 6) is 2.74. The van der Waals surface area contributed by atoms with Gasteiger partial charge in [0.2, 0.25) is 11.7 Å². The number of amides is 1. The number of benzene rings is 2. The van der Waals surface area contributed by atoms with Gasteiger partial charge in [0.05, 0.1) is 45.4 Å². The van der Waals surface area contributed by atoms with E-state index >= 15 is 0 Å². The maximum absolute atomic E-state index is 13.1. The van der Waals surface area contributed by atoms with Gasteiger partial charge in [-0.1, -0.05) is 0 Å². The molecule has 3 heterocycles. The van der Waals surface area contributed by atoms with Crippen LogP contribution in [0.2, 0.25) is 0 Å². The lowest BCUT2D eigenvalue weighted by Crippen LogP contribution is -2.51. The third-order valence-electron chi connectivity index (χ3n) is 7.40. The molecule has 2 aliphatic rings. The zero-order valence-electron chi connectivity index (χ0n) is 21.3. The van der Waals surface area contributed by atoms with E-state index in [2.05, 4.69) is 40.3 Å². The van der Waals surface area contributed by atoms with Crippen LogP contribution in [0.25, 0.3) is 5.69 Å². The summed E-state index contributed by atoms with van der Waals surface area (Å²) in [4.78, 5) is 15.1. The highest BCUT2D eigenvalue weighted by molar-refractivity contribution is 5.77. The van der Waals surface area contributed by atoms with Crippen molar-refractivity contribution in [1.82, 2.24) is 9.47 Å². The molecule has 8 nitrogen and oxygen atoms in total. The van der Waals surface area contributed by atoms with Crippen LogP contribution in [0.3, 0.4) is 0 Å². The number of likely N-dealkylation sites (tertiary alicyclic amines) is 1. The summed E-state index contributed by atoms with van der Waals surface area (Å²) in [6.45, 7) is 1.40. The Morgan fingerprint density at radius 3 is 2.31 bits per heavy atom. The van der Waals surface area contributed by atoms with Gasteiger partial charge in [-0.25, -0.2) is 0 Å². The number of ether oxygens (including phenoxy) is 4. The molecule has 1 saturated heterocycles. The van der Waals surface area contributed by atoms with Gasteiger partial charge in [0.15, 0.2) is 11.5 Å². The van der Waals surface area contributed by atoms with Gasteiger partial charge in [0.25, 0.3) is 0 Å². The van der Waals surface area contributed by atoms with Crippen LogP contribution < -0.4 is 24.3 Å². The van der Waals surface area contributed by atoms with Crippen LogP contribution in [-0.4, -0.2) is 56.9 Å². The van der Waals surface area contributed by atoms with Gasteiger partial charge in [0, 0.05) is 37.5 Å². The number of nitrogens with zero attached hydrogens (tertiary/aromatic N) is 2. The van der Waals surface area contributed by atoms with Gasteiger partial charge in [-0.05, 0) is 61.2 Å². The fourth-order valence-corrected chi connectivity index (χ4v) is 5.46. The predicted molar refractivity (Wildman–Crippen MR) is 138 cm³/mol. The van der Waals surface area contributed by atoms with Crippen LogP contribution in [0.15, 0.2) is 48.7 Å². The number of piperidine rings is 1. The summed E-state index contributed by atoms with van der Waals surface area (Å²) in [5.41, 5.74) is 4.18. The van der Waals surface area contributed by atoms with Gasteiger partial charge >= 0.3 is 0 Å². The molecule has 0 unspecified atom stereocenters. The number of carbonyl (C=O) groups is 1. The molecule has 0 atom stereocenters. The normalized spacial score (nSPS) is 15.5. The standard InChI is InChI=1S/C28H33N3O5/c1-33-20-8-9-22-21(18-20)29-28(25-6-5-13-31(22)25)11-14-30(15-12-28)26(32)10-7-19-16-23(34-2)27(36-4)24(17-19)35-3/h5-6,8-9,13,16-18,29H,7,10-12,14-15H2,1-4H3. The highest BCUT2D eigenvalue weighted by Crippen LogP contribution is 2.44. The van der Waals surface area contributed by atoms with Gasteiger partial charge in [-0.2, -0.15) is 0 Å². The molecule has 0 bridgehead atoms. The first-order valence-corrected chi connectivity index (χ1v) is 12.2. The molecule has 0 aliphatic carbocycles.